The van der Waals surface area contributed by atoms with E-state index in [0.717, 1.165) is 12.7 Å². The molecule has 2 aromatic carbocycles. The van der Waals surface area contributed by atoms with Crippen molar-refractivity contribution >= 4 is 17.9 Å². The second-order valence-corrected chi connectivity index (χ2v) is 8.27. The summed E-state index contributed by atoms with van der Waals surface area (Å²) in [6.45, 7) is 0. The van der Waals surface area contributed by atoms with Crippen molar-refractivity contribution in [2.75, 3.05) is 38.9 Å². The van der Waals surface area contributed by atoms with Crippen LogP contribution in [0.25, 0.3) is 17.2 Å². The maximum Gasteiger partial charge on any atom is 0.239 e. The molecule has 0 unspecified atom stereocenters. The zero-order valence-corrected chi connectivity index (χ0v) is 22.1. The molecule has 4 rings (SSSR count). The largest absolute Gasteiger partial charge is 0.494 e. The number of hydrogen-bond donors (Lipinski definition) is 2. The lowest BCUT2D eigenvalue weighted by Crippen LogP contribution is -2.07. The topological polar surface area (TPSA) is 127 Å². The molecule has 0 aliphatic carbocycles. The number of rotatable bonds is 10. The van der Waals surface area contributed by atoms with Gasteiger partial charge in [0.05, 0.1) is 33.0 Å². The average molecular weight is 539 g/mol. The van der Waals surface area contributed by atoms with Gasteiger partial charge in [0.2, 0.25) is 11.8 Å². The molecule has 0 aliphatic heterocycles. The Morgan fingerprint density at radius 3 is 2.37 bits per heavy atom. The van der Waals surface area contributed by atoms with E-state index in [1.54, 1.807) is 44.1 Å². The summed E-state index contributed by atoms with van der Waals surface area (Å²) in [5.74, 6) is 2.56. The summed E-state index contributed by atoms with van der Waals surface area (Å²) in [4.78, 5) is 4.51. The van der Waals surface area contributed by atoms with E-state index in [4.69, 9.17) is 19.3 Å². The fourth-order valence-corrected chi connectivity index (χ4v) is 4.27. The van der Waals surface area contributed by atoms with Gasteiger partial charge in [-0.15, -0.1) is 10.2 Å². The zero-order valence-electron chi connectivity index (χ0n) is 21.3. The van der Waals surface area contributed by atoms with Gasteiger partial charge in [-0.3, -0.25) is 9.29 Å². The van der Waals surface area contributed by atoms with Crippen LogP contribution in [0.1, 0.15) is 11.1 Å². The van der Waals surface area contributed by atoms with Crippen LogP contribution in [0.4, 0.5) is 10.3 Å². The molecule has 0 atom stereocenters. The van der Waals surface area contributed by atoms with Crippen LogP contribution in [0.3, 0.4) is 0 Å². The number of nitriles is 1. The summed E-state index contributed by atoms with van der Waals surface area (Å²) in [7, 11) is 5.69. The Morgan fingerprint density at radius 1 is 1.00 bits per heavy atom. The predicted molar refractivity (Wildman–Crippen MR) is 143 cm³/mol. The molecular weight excluding hydrogens is 511 g/mol. The molecule has 38 heavy (non-hydrogen) atoms. The van der Waals surface area contributed by atoms with E-state index in [1.165, 1.54) is 24.1 Å². The van der Waals surface area contributed by atoms with Crippen molar-refractivity contribution in [2.24, 2.45) is 0 Å². The number of benzene rings is 2. The molecule has 0 radical (unpaired) electrons. The van der Waals surface area contributed by atoms with Gasteiger partial charge in [0.15, 0.2) is 5.82 Å². The van der Waals surface area contributed by atoms with Crippen molar-refractivity contribution < 1.29 is 23.7 Å². The molecule has 0 amide bonds. The number of aromatic nitrogens is 4. The van der Waals surface area contributed by atoms with E-state index in [9.17, 15) is 9.65 Å². The molecule has 12 heteroatoms. The van der Waals surface area contributed by atoms with E-state index in [2.05, 4.69) is 19.9 Å². The van der Waals surface area contributed by atoms with Gasteiger partial charge in [0, 0.05) is 18.9 Å². The number of aliphatic hydroxyl groups excluding tert-OH is 1. The monoisotopic (exact) mass is 538 g/mol. The SMILES string of the molecule is CO.COc1cccc(-c2nnc(NSCCc3ccc(F)cc3C#N)n2-c2c(OC)cccc2OC)n1. The van der Waals surface area contributed by atoms with Crippen LogP contribution < -0.4 is 18.9 Å². The van der Waals surface area contributed by atoms with Crippen LogP contribution in [0.2, 0.25) is 0 Å². The standard InChI is InChI=1S/C25H23FN6O3S.CH4O/c1-33-20-7-5-8-21(34-2)23(20)32-24(19-6-4-9-22(28-19)35-3)29-30-25(32)31-36-13-12-16-10-11-18(26)14-17(16)15-27;1-2/h4-11,14H,12-13H2,1-3H3,(H,30,31);2H,1H3. The molecule has 2 heterocycles. The third-order valence-corrected chi connectivity index (χ3v) is 6.01. The van der Waals surface area contributed by atoms with E-state index in [0.29, 0.717) is 58.3 Å². The van der Waals surface area contributed by atoms with Gasteiger partial charge in [-0.2, -0.15) is 5.26 Å². The van der Waals surface area contributed by atoms with Crippen LogP contribution in [0.15, 0.2) is 54.6 Å². The zero-order chi connectivity index (χ0) is 27.5. The lowest BCUT2D eigenvalue weighted by atomic mass is 10.1. The lowest BCUT2D eigenvalue weighted by molar-refractivity contribution is 0.391. The Kier molecular flexibility index (Phi) is 10.3. The second-order valence-electron chi connectivity index (χ2n) is 7.37. The fourth-order valence-electron chi connectivity index (χ4n) is 3.58. The molecule has 0 bridgehead atoms. The Balaban J connectivity index is 0.00000195. The highest BCUT2D eigenvalue weighted by molar-refractivity contribution is 8.00. The molecule has 0 spiro atoms. The van der Waals surface area contributed by atoms with Crippen molar-refractivity contribution in [2.45, 2.75) is 6.42 Å². The molecule has 0 saturated carbocycles. The summed E-state index contributed by atoms with van der Waals surface area (Å²) in [5, 5.41) is 25.0. The molecule has 10 nitrogen and oxygen atoms in total. The third-order valence-electron chi connectivity index (χ3n) is 5.28. The van der Waals surface area contributed by atoms with Crippen LogP contribution in [0.5, 0.6) is 17.4 Å². The van der Waals surface area contributed by atoms with Crippen LogP contribution >= 0.6 is 11.9 Å². The highest BCUT2D eigenvalue weighted by Crippen LogP contribution is 2.37. The first-order valence-corrected chi connectivity index (χ1v) is 12.3. The summed E-state index contributed by atoms with van der Waals surface area (Å²) in [6, 6.07) is 17.1. The van der Waals surface area contributed by atoms with Gasteiger partial charge in [-0.25, -0.2) is 9.37 Å². The first kappa shape index (κ1) is 28.2. The van der Waals surface area contributed by atoms with Gasteiger partial charge in [0.25, 0.3) is 0 Å². The van der Waals surface area contributed by atoms with Crippen LogP contribution in [-0.4, -0.2) is 59.0 Å². The first-order valence-electron chi connectivity index (χ1n) is 11.3. The maximum absolute atomic E-state index is 13.4. The number of pyridine rings is 1. The smallest absolute Gasteiger partial charge is 0.239 e. The number of nitrogens with one attached hydrogen (secondary N) is 1. The molecule has 0 aliphatic rings. The van der Waals surface area contributed by atoms with E-state index < -0.39 is 5.82 Å². The number of ether oxygens (including phenoxy) is 3. The Bertz CT molecular complexity index is 1390. The normalized spacial score (nSPS) is 10.1. The predicted octanol–water partition coefficient (Wildman–Crippen LogP) is 4.28. The highest BCUT2D eigenvalue weighted by atomic mass is 32.2. The maximum atomic E-state index is 13.4. The average Bonchev–Trinajstić information content (AvgIpc) is 3.39. The number of nitrogens with zero attached hydrogens (tertiary/aromatic N) is 5. The second kappa shape index (κ2) is 13.8. The molecule has 2 N–H and O–H groups in total. The number of methoxy groups -OCH3 is 3. The van der Waals surface area contributed by atoms with Gasteiger partial charge < -0.3 is 19.3 Å². The van der Waals surface area contributed by atoms with Crippen molar-refractivity contribution in [1.29, 1.82) is 5.26 Å². The van der Waals surface area contributed by atoms with Crippen LogP contribution in [-0.2, 0) is 6.42 Å². The minimum Gasteiger partial charge on any atom is -0.494 e. The van der Waals surface area contributed by atoms with E-state index in [-0.39, 0.29) is 0 Å². The summed E-state index contributed by atoms with van der Waals surface area (Å²) in [5.41, 5.74) is 2.23. The van der Waals surface area contributed by atoms with Gasteiger partial charge in [-0.05, 0) is 54.3 Å². The third kappa shape index (κ3) is 6.31. The Morgan fingerprint density at radius 2 is 1.71 bits per heavy atom. The summed E-state index contributed by atoms with van der Waals surface area (Å²) in [6.07, 6.45) is 0.553. The molecule has 198 valence electrons. The van der Waals surface area contributed by atoms with E-state index in [1.807, 2.05) is 30.3 Å². The number of para-hydroxylation sites is 1. The quantitative estimate of drug-likeness (QED) is 0.223. The minimum absolute atomic E-state index is 0.323. The van der Waals surface area contributed by atoms with Crippen molar-refractivity contribution in [3.8, 4) is 40.7 Å². The first-order chi connectivity index (χ1) is 18.6. The fraction of sp³-hybridized carbons (Fsp3) is 0.231. The van der Waals surface area contributed by atoms with Gasteiger partial charge >= 0.3 is 0 Å². The number of halogens is 1. The lowest BCUT2D eigenvalue weighted by Gasteiger charge is -2.17. The van der Waals surface area contributed by atoms with Crippen molar-refractivity contribution in [3.05, 3.63) is 71.5 Å². The number of aliphatic hydroxyl groups is 1. The highest BCUT2D eigenvalue weighted by Gasteiger charge is 2.23. The number of hydrogen-bond acceptors (Lipinski definition) is 10. The molecule has 2 aromatic heterocycles. The van der Waals surface area contributed by atoms with Crippen molar-refractivity contribution in [3.63, 3.8) is 0 Å². The molecule has 4 aromatic rings. The van der Waals surface area contributed by atoms with Crippen LogP contribution in [0, 0.1) is 17.1 Å². The van der Waals surface area contributed by atoms with E-state index >= 15 is 0 Å². The molecule has 0 saturated heterocycles. The Labute approximate surface area is 224 Å². The molecule has 0 fully saturated rings. The summed E-state index contributed by atoms with van der Waals surface area (Å²) >= 11 is 1.37. The molecular formula is C26H27FN6O4S. The number of aryl methyl sites for hydroxylation is 1. The van der Waals surface area contributed by atoms with Gasteiger partial charge in [-0.1, -0.05) is 18.2 Å². The van der Waals surface area contributed by atoms with Gasteiger partial charge in [0.1, 0.15) is 28.7 Å². The number of anilines is 1. The minimum atomic E-state index is -0.432. The summed E-state index contributed by atoms with van der Waals surface area (Å²) < 4.78 is 35.0. The Hall–Kier alpha value is -4.34. The van der Waals surface area contributed by atoms with Crippen molar-refractivity contribution in [1.82, 2.24) is 19.7 Å².